The number of nitrogen functional groups attached to an aromatic ring is 1. The van der Waals surface area contributed by atoms with Gasteiger partial charge in [-0.15, -0.1) is 0 Å². The molecule has 0 aliphatic carbocycles. The van der Waals surface area contributed by atoms with Crippen LogP contribution in [0.1, 0.15) is 29.7 Å². The number of carbonyl (C=O) groups is 2. The summed E-state index contributed by atoms with van der Waals surface area (Å²) in [7, 11) is 3.19. The number of aromatic nitrogens is 1. The Kier molecular flexibility index (Phi) is 10.8. The Bertz CT molecular complexity index is 1670. The van der Waals surface area contributed by atoms with Gasteiger partial charge in [-0.05, 0) is 83.0 Å². The predicted molar refractivity (Wildman–Crippen MR) is 176 cm³/mol. The summed E-state index contributed by atoms with van der Waals surface area (Å²) in [6.07, 6.45) is 1.62. The number of alkyl halides is 1. The Labute approximate surface area is 266 Å². The quantitative estimate of drug-likeness (QED) is 0.0964. The largest absolute Gasteiger partial charge is 0.768 e. The van der Waals surface area contributed by atoms with Gasteiger partial charge in [0, 0.05) is 58.5 Å². The number of nitrogens with one attached hydrogen (secondary N) is 3. The number of amides is 3. The normalized spacial score (nSPS) is 12.3. The molecule has 0 aliphatic heterocycles. The first-order valence-electron chi connectivity index (χ1n) is 13.3. The first-order valence-corrected chi connectivity index (χ1v) is 15.9. The molecular weight excluding hydrogens is 683 g/mol. The minimum atomic E-state index is -2.56. The summed E-state index contributed by atoms with van der Waals surface area (Å²) < 4.78 is 30.5. The van der Waals surface area contributed by atoms with Crippen molar-refractivity contribution >= 4 is 73.6 Å². The third kappa shape index (κ3) is 7.91. The molecule has 0 fully saturated rings. The highest BCUT2D eigenvalue weighted by Gasteiger charge is 2.23. The topological polar surface area (TPSA) is 162 Å². The van der Waals surface area contributed by atoms with Gasteiger partial charge in [0.25, 0.3) is 0 Å². The molecule has 2 unspecified atom stereocenters. The second kappa shape index (κ2) is 14.5. The van der Waals surface area contributed by atoms with E-state index in [0.29, 0.717) is 40.7 Å². The molecule has 3 amide bonds. The molecule has 11 nitrogen and oxygen atoms in total. The Morgan fingerprint density at radius 1 is 1.07 bits per heavy atom. The fraction of sp³-hybridized carbons (Fsp3) is 0.233. The van der Waals surface area contributed by atoms with Crippen molar-refractivity contribution in [3.63, 3.8) is 0 Å². The highest BCUT2D eigenvalue weighted by molar-refractivity contribution is 14.1. The Morgan fingerprint density at radius 3 is 2.53 bits per heavy atom. The third-order valence-electron chi connectivity index (χ3n) is 6.59. The average molecular weight is 716 g/mol. The Balaban J connectivity index is 1.67. The van der Waals surface area contributed by atoms with Gasteiger partial charge in [-0.25, -0.2) is 9.78 Å². The summed E-state index contributed by atoms with van der Waals surface area (Å²) in [4.78, 5) is 31.5. The SMILES string of the molecule is CCOc1cc(C(Nc2ccc3c(N)nccc3c2)C(=O)NCc2cc(NC(=O)N(C)C)ccc2S(=O)[O-])ccc1CI. The van der Waals surface area contributed by atoms with E-state index in [0.717, 1.165) is 20.8 Å². The first-order chi connectivity index (χ1) is 20.6. The van der Waals surface area contributed by atoms with Crippen LogP contribution in [0.15, 0.2) is 71.8 Å². The molecular formula is C30H32IN6O5S-. The number of nitrogens with zero attached hydrogens (tertiary/aromatic N) is 2. The predicted octanol–water partition coefficient (Wildman–Crippen LogP) is 4.95. The van der Waals surface area contributed by atoms with Crippen LogP contribution in [0.3, 0.4) is 0 Å². The van der Waals surface area contributed by atoms with Crippen LogP contribution in [0.5, 0.6) is 5.75 Å². The molecule has 0 saturated carbocycles. The molecule has 0 saturated heterocycles. The van der Waals surface area contributed by atoms with E-state index >= 15 is 0 Å². The molecule has 3 aromatic carbocycles. The molecule has 0 aliphatic rings. The van der Waals surface area contributed by atoms with E-state index in [-0.39, 0.29) is 17.5 Å². The van der Waals surface area contributed by atoms with Crippen LogP contribution in [0, 0.1) is 0 Å². The molecule has 1 aromatic heterocycles. The minimum absolute atomic E-state index is 0.0124. The lowest BCUT2D eigenvalue weighted by Gasteiger charge is -2.22. The summed E-state index contributed by atoms with van der Waals surface area (Å²) in [5.41, 5.74) is 9.06. The Morgan fingerprint density at radius 2 is 1.84 bits per heavy atom. The number of hydrogen-bond donors (Lipinski definition) is 4. The monoisotopic (exact) mass is 715 g/mol. The van der Waals surface area contributed by atoms with Gasteiger partial charge in [-0.2, -0.15) is 0 Å². The summed E-state index contributed by atoms with van der Waals surface area (Å²) in [6, 6.07) is 16.2. The molecule has 5 N–H and O–H groups in total. The molecule has 4 aromatic rings. The van der Waals surface area contributed by atoms with Crippen LogP contribution in [0.2, 0.25) is 0 Å². The summed E-state index contributed by atoms with van der Waals surface area (Å²) in [5.74, 6) is 0.689. The van der Waals surface area contributed by atoms with Gasteiger partial charge in [0.15, 0.2) is 0 Å². The summed E-state index contributed by atoms with van der Waals surface area (Å²) >= 11 is -0.299. The van der Waals surface area contributed by atoms with Crippen LogP contribution in [0.25, 0.3) is 10.8 Å². The second-order valence-electron chi connectivity index (χ2n) is 9.74. The van der Waals surface area contributed by atoms with E-state index < -0.39 is 23.0 Å². The van der Waals surface area contributed by atoms with Crippen molar-refractivity contribution in [2.75, 3.05) is 37.1 Å². The van der Waals surface area contributed by atoms with Crippen LogP contribution < -0.4 is 26.4 Å². The Hall–Kier alpha value is -3.95. The molecule has 0 bridgehead atoms. The smallest absolute Gasteiger partial charge is 0.321 e. The van der Waals surface area contributed by atoms with Crippen molar-refractivity contribution in [3.8, 4) is 5.75 Å². The number of benzene rings is 3. The maximum atomic E-state index is 13.8. The molecule has 2 atom stereocenters. The number of fused-ring (bicyclic) bond motifs is 1. The standard InChI is InChI=1S/C30H33IN6O5S/c1-4-42-25-15-19(5-6-20(25)16-31)27(35-22-7-9-24-18(13-22)11-12-33-28(24)32)29(38)34-17-21-14-23(36-30(39)37(2)3)8-10-26(21)43(40)41/h5-15,27,35H,4,16-17H2,1-3H3,(H2,32,33)(H,34,38)(H,36,39)(H,40,41)/p-1. The van der Waals surface area contributed by atoms with Crippen LogP contribution in [0.4, 0.5) is 22.0 Å². The van der Waals surface area contributed by atoms with E-state index in [1.54, 1.807) is 20.3 Å². The lowest BCUT2D eigenvalue weighted by Crippen LogP contribution is -2.33. The molecule has 4 rings (SSSR count). The van der Waals surface area contributed by atoms with Crippen LogP contribution >= 0.6 is 22.6 Å². The fourth-order valence-corrected chi connectivity index (χ4v) is 5.54. The second-order valence-corrected chi connectivity index (χ2v) is 11.4. The van der Waals surface area contributed by atoms with Crippen molar-refractivity contribution in [3.05, 3.63) is 83.6 Å². The van der Waals surface area contributed by atoms with Gasteiger partial charge in [-0.3, -0.25) is 9.00 Å². The number of anilines is 3. The first kappa shape index (κ1) is 32.0. The molecule has 0 spiro atoms. The third-order valence-corrected chi connectivity index (χ3v) is 8.17. The maximum absolute atomic E-state index is 13.8. The number of hydrogen-bond acceptors (Lipinski definition) is 8. The number of rotatable bonds is 11. The van der Waals surface area contributed by atoms with Gasteiger partial charge < -0.3 is 35.9 Å². The summed E-state index contributed by atoms with van der Waals surface area (Å²) in [6.45, 7) is 2.26. The number of halogens is 1. The van der Waals surface area contributed by atoms with E-state index in [1.165, 1.54) is 23.1 Å². The summed E-state index contributed by atoms with van der Waals surface area (Å²) in [5, 5.41) is 10.5. The number of ether oxygens (including phenoxy) is 1. The van der Waals surface area contributed by atoms with Crippen LogP contribution in [-0.2, 0) is 26.8 Å². The van der Waals surface area contributed by atoms with Gasteiger partial charge in [-0.1, -0.05) is 34.7 Å². The fourth-order valence-electron chi connectivity index (χ4n) is 4.39. The lowest BCUT2D eigenvalue weighted by molar-refractivity contribution is -0.122. The van der Waals surface area contributed by atoms with Gasteiger partial charge in [0.05, 0.1) is 6.61 Å². The van der Waals surface area contributed by atoms with E-state index in [9.17, 15) is 18.4 Å². The van der Waals surface area contributed by atoms with E-state index in [1.807, 2.05) is 49.4 Å². The lowest BCUT2D eigenvalue weighted by atomic mass is 10.0. The highest BCUT2D eigenvalue weighted by atomic mass is 127. The molecule has 226 valence electrons. The molecule has 0 radical (unpaired) electrons. The van der Waals surface area contributed by atoms with Gasteiger partial charge in [0.2, 0.25) is 5.91 Å². The van der Waals surface area contributed by atoms with Crippen LogP contribution in [-0.4, -0.2) is 51.3 Å². The zero-order valence-corrected chi connectivity index (χ0v) is 26.8. The zero-order chi connectivity index (χ0) is 31.1. The van der Waals surface area contributed by atoms with E-state index in [4.69, 9.17) is 10.5 Å². The van der Waals surface area contributed by atoms with Crippen molar-refractivity contribution in [2.24, 2.45) is 0 Å². The number of pyridine rings is 1. The zero-order valence-electron chi connectivity index (χ0n) is 23.8. The van der Waals surface area contributed by atoms with Gasteiger partial charge in [0.1, 0.15) is 17.6 Å². The van der Waals surface area contributed by atoms with Crippen molar-refractivity contribution in [1.29, 1.82) is 0 Å². The molecule has 1 heterocycles. The average Bonchev–Trinajstić information content (AvgIpc) is 2.98. The molecule has 13 heteroatoms. The van der Waals surface area contributed by atoms with Gasteiger partial charge >= 0.3 is 6.03 Å². The minimum Gasteiger partial charge on any atom is -0.768 e. The number of carbonyl (C=O) groups excluding carboxylic acids is 2. The molecule has 43 heavy (non-hydrogen) atoms. The van der Waals surface area contributed by atoms with Crippen molar-refractivity contribution < 1.29 is 23.1 Å². The maximum Gasteiger partial charge on any atom is 0.321 e. The number of urea groups is 1. The van der Waals surface area contributed by atoms with E-state index in [2.05, 4.69) is 43.5 Å². The highest BCUT2D eigenvalue weighted by Crippen LogP contribution is 2.30. The van der Waals surface area contributed by atoms with Crippen molar-refractivity contribution in [2.45, 2.75) is 28.8 Å². The number of nitrogens with two attached hydrogens (primary N) is 1. The van der Waals surface area contributed by atoms with Crippen molar-refractivity contribution in [1.82, 2.24) is 15.2 Å².